The third-order valence-corrected chi connectivity index (χ3v) is 6.47. The number of hydrogen-bond donors (Lipinski definition) is 0. The predicted octanol–water partition coefficient (Wildman–Crippen LogP) is 5.48. The lowest BCUT2D eigenvalue weighted by molar-refractivity contribution is 0.0699. The molecule has 4 rings (SSSR count). The molecule has 0 atom stereocenters. The number of halogens is 5. The maximum Gasteiger partial charge on any atom is 0.259 e. The molecule has 2 heterocycles. The topological polar surface area (TPSA) is 49.3 Å². The van der Waals surface area contributed by atoms with E-state index in [0.29, 0.717) is 43.8 Å². The number of anilines is 1. The highest BCUT2D eigenvalue weighted by Crippen LogP contribution is 2.30. The van der Waals surface area contributed by atoms with Gasteiger partial charge >= 0.3 is 0 Å². The molecule has 0 unspecified atom stereocenters. The Bertz CT molecular complexity index is 1210. The largest absolute Gasteiger partial charge is 0.355 e. The molecule has 3 aromatic rings. The molecular formula is C25H25ClF4N4O. The monoisotopic (exact) mass is 508 g/mol. The molecule has 1 aromatic heterocycles. The third kappa shape index (κ3) is 5.24. The van der Waals surface area contributed by atoms with Crippen LogP contribution in [-0.2, 0) is 0 Å². The smallest absolute Gasteiger partial charge is 0.259 e. The lowest BCUT2D eigenvalue weighted by Crippen LogP contribution is -2.46. The lowest BCUT2D eigenvalue weighted by atomic mass is 10.00. The molecule has 35 heavy (non-hydrogen) atoms. The van der Waals surface area contributed by atoms with Crippen LogP contribution in [0.15, 0.2) is 36.4 Å². The molecule has 0 N–H and O–H groups in total. The van der Waals surface area contributed by atoms with Gasteiger partial charge in [0.25, 0.3) is 5.91 Å². The van der Waals surface area contributed by atoms with Crippen molar-refractivity contribution in [1.29, 1.82) is 0 Å². The van der Waals surface area contributed by atoms with Crippen molar-refractivity contribution in [3.63, 3.8) is 0 Å². The van der Waals surface area contributed by atoms with Crippen molar-refractivity contribution in [3.8, 4) is 11.3 Å². The molecule has 1 aliphatic rings. The summed E-state index contributed by atoms with van der Waals surface area (Å²) >= 11 is 0. The number of hydrogen-bond acceptors (Lipinski definition) is 4. The molecule has 0 saturated carbocycles. The Hall–Kier alpha value is -3.20. The van der Waals surface area contributed by atoms with Gasteiger partial charge in [0, 0.05) is 43.9 Å². The average Bonchev–Trinajstić information content (AvgIpc) is 2.80. The average molecular weight is 509 g/mol. The van der Waals surface area contributed by atoms with Gasteiger partial charge in [-0.2, -0.15) is 0 Å². The molecular weight excluding hydrogens is 484 g/mol. The van der Waals surface area contributed by atoms with Gasteiger partial charge in [-0.15, -0.1) is 22.6 Å². The van der Waals surface area contributed by atoms with Crippen LogP contribution >= 0.6 is 12.4 Å². The van der Waals surface area contributed by atoms with Gasteiger partial charge in [0.1, 0.15) is 28.8 Å². The van der Waals surface area contributed by atoms with Crippen LogP contribution in [-0.4, -0.2) is 47.2 Å². The number of nitrogens with zero attached hydrogens (tertiary/aromatic N) is 4. The number of amides is 1. The van der Waals surface area contributed by atoms with E-state index in [1.807, 2.05) is 13.8 Å². The summed E-state index contributed by atoms with van der Waals surface area (Å²) in [4.78, 5) is 16.1. The van der Waals surface area contributed by atoms with Crippen LogP contribution < -0.4 is 4.90 Å². The van der Waals surface area contributed by atoms with Crippen LogP contribution in [0.5, 0.6) is 0 Å². The molecule has 186 valence electrons. The summed E-state index contributed by atoms with van der Waals surface area (Å²) < 4.78 is 54.6. The Morgan fingerprint density at radius 1 is 0.914 bits per heavy atom. The second kappa shape index (κ2) is 10.6. The molecule has 1 fully saturated rings. The fraction of sp³-hybridized carbons (Fsp3) is 0.320. The minimum atomic E-state index is -1.21. The highest BCUT2D eigenvalue weighted by molar-refractivity contribution is 5.94. The fourth-order valence-corrected chi connectivity index (χ4v) is 4.33. The van der Waals surface area contributed by atoms with E-state index in [-0.39, 0.29) is 24.3 Å². The highest BCUT2D eigenvalue weighted by atomic mass is 35.5. The van der Waals surface area contributed by atoms with Gasteiger partial charge in [0.2, 0.25) is 0 Å². The van der Waals surface area contributed by atoms with Crippen LogP contribution in [0.1, 0.15) is 34.3 Å². The van der Waals surface area contributed by atoms with Gasteiger partial charge in [-0.1, -0.05) is 0 Å². The van der Waals surface area contributed by atoms with Crippen molar-refractivity contribution < 1.29 is 22.4 Å². The molecule has 10 heteroatoms. The van der Waals surface area contributed by atoms with Crippen LogP contribution in [0.3, 0.4) is 0 Å². The first-order valence-corrected chi connectivity index (χ1v) is 10.9. The van der Waals surface area contributed by atoms with E-state index < -0.39 is 28.9 Å². The number of carbonyl (C=O) groups is 1. The normalized spacial score (nSPS) is 14.0. The van der Waals surface area contributed by atoms with Crippen molar-refractivity contribution in [2.75, 3.05) is 25.0 Å². The summed E-state index contributed by atoms with van der Waals surface area (Å²) in [5, 5.41) is 8.78. The Morgan fingerprint density at radius 3 is 2.06 bits per heavy atom. The molecule has 0 bridgehead atoms. The molecule has 1 saturated heterocycles. The Balaban J connectivity index is 0.00000342. The molecule has 0 aliphatic carbocycles. The van der Waals surface area contributed by atoms with Gasteiger partial charge in [-0.05, 0) is 62.1 Å². The van der Waals surface area contributed by atoms with E-state index in [9.17, 15) is 22.4 Å². The molecule has 1 amide bonds. The van der Waals surface area contributed by atoms with Crippen molar-refractivity contribution in [2.45, 2.75) is 32.7 Å². The van der Waals surface area contributed by atoms with E-state index in [0.717, 1.165) is 22.5 Å². The zero-order valence-electron chi connectivity index (χ0n) is 19.5. The fourth-order valence-electron chi connectivity index (χ4n) is 4.33. The van der Waals surface area contributed by atoms with Crippen LogP contribution in [0.25, 0.3) is 11.3 Å². The van der Waals surface area contributed by atoms with E-state index in [1.165, 1.54) is 24.1 Å². The first kappa shape index (κ1) is 26.4. The molecule has 0 spiro atoms. The summed E-state index contributed by atoms with van der Waals surface area (Å²) in [7, 11) is 1.50. The SMILES string of the molecule is Cc1c(-c2ccc(F)cc2)nnc(N2CCC(N(C)C(=O)c3c(F)cc(F)cc3F)CC2)c1C.Cl. The van der Waals surface area contributed by atoms with E-state index in [1.54, 1.807) is 12.1 Å². The second-order valence-electron chi connectivity index (χ2n) is 8.51. The van der Waals surface area contributed by atoms with Gasteiger partial charge in [0.05, 0.1) is 5.69 Å². The first-order valence-electron chi connectivity index (χ1n) is 10.9. The van der Waals surface area contributed by atoms with E-state index >= 15 is 0 Å². The molecule has 2 aromatic carbocycles. The van der Waals surface area contributed by atoms with Crippen molar-refractivity contribution in [2.24, 2.45) is 0 Å². The molecule has 0 radical (unpaired) electrons. The minimum Gasteiger partial charge on any atom is -0.355 e. The molecule has 5 nitrogen and oxygen atoms in total. The van der Waals surface area contributed by atoms with Gasteiger partial charge in [-0.3, -0.25) is 4.79 Å². The zero-order valence-corrected chi connectivity index (χ0v) is 20.3. The van der Waals surface area contributed by atoms with E-state index in [4.69, 9.17) is 0 Å². The maximum atomic E-state index is 14.1. The highest BCUT2D eigenvalue weighted by Gasteiger charge is 2.30. The maximum absolute atomic E-state index is 14.1. The van der Waals surface area contributed by atoms with Gasteiger partial charge in [0.15, 0.2) is 5.82 Å². The van der Waals surface area contributed by atoms with E-state index in [2.05, 4.69) is 15.1 Å². The van der Waals surface area contributed by atoms with Crippen LogP contribution in [0, 0.1) is 37.1 Å². The van der Waals surface area contributed by atoms with Crippen LogP contribution in [0.2, 0.25) is 0 Å². The Labute approximate surface area is 207 Å². The van der Waals surface area contributed by atoms with Gasteiger partial charge in [-0.25, -0.2) is 17.6 Å². The third-order valence-electron chi connectivity index (χ3n) is 6.47. The summed E-state index contributed by atoms with van der Waals surface area (Å²) in [5.74, 6) is -3.90. The molecule has 1 aliphatic heterocycles. The number of rotatable bonds is 4. The Kier molecular flexibility index (Phi) is 8.00. The first-order chi connectivity index (χ1) is 16.2. The quantitative estimate of drug-likeness (QED) is 0.438. The number of piperidine rings is 1. The predicted molar refractivity (Wildman–Crippen MR) is 128 cm³/mol. The minimum absolute atomic E-state index is 0. The standard InChI is InChI=1S/C25H24F4N4O.ClH/c1-14-15(2)24(31-30-23(14)16-4-6-17(26)7-5-16)33-10-8-19(9-11-33)32(3)25(34)22-20(28)12-18(27)13-21(22)29;/h4-7,12-13,19H,8-11H2,1-3H3;1H. The van der Waals surface area contributed by atoms with Crippen molar-refractivity contribution in [1.82, 2.24) is 15.1 Å². The van der Waals surface area contributed by atoms with Gasteiger partial charge < -0.3 is 9.80 Å². The zero-order chi connectivity index (χ0) is 24.6. The second-order valence-corrected chi connectivity index (χ2v) is 8.51. The number of carbonyl (C=O) groups excluding carboxylic acids is 1. The van der Waals surface area contributed by atoms with Crippen molar-refractivity contribution >= 4 is 24.1 Å². The van der Waals surface area contributed by atoms with Crippen LogP contribution in [0.4, 0.5) is 23.4 Å². The number of benzene rings is 2. The van der Waals surface area contributed by atoms with Crippen molar-refractivity contribution in [3.05, 3.63) is 76.4 Å². The lowest BCUT2D eigenvalue weighted by Gasteiger charge is -2.37. The summed E-state index contributed by atoms with van der Waals surface area (Å²) in [6.07, 6.45) is 1.12. The summed E-state index contributed by atoms with van der Waals surface area (Å²) in [6, 6.07) is 6.86. The Morgan fingerprint density at radius 2 is 1.49 bits per heavy atom. The summed E-state index contributed by atoms with van der Waals surface area (Å²) in [6.45, 7) is 5.04. The number of aromatic nitrogens is 2. The summed E-state index contributed by atoms with van der Waals surface area (Å²) in [5.41, 5.74) is 2.60.